The maximum Gasteiger partial charge on any atom is 0.391 e. The Morgan fingerprint density at radius 3 is 2.62 bits per heavy atom. The highest BCUT2D eigenvalue weighted by Gasteiger charge is 2.41. The van der Waals surface area contributed by atoms with Crippen LogP contribution in [0.25, 0.3) is 10.9 Å². The lowest BCUT2D eigenvalue weighted by Gasteiger charge is -2.29. The van der Waals surface area contributed by atoms with Gasteiger partial charge in [-0.05, 0) is 61.9 Å². The summed E-state index contributed by atoms with van der Waals surface area (Å²) in [6, 6.07) is 7.74. The molecule has 26 heavy (non-hydrogen) atoms. The Kier molecular flexibility index (Phi) is 5.69. The molecule has 0 bridgehead atoms. The highest BCUT2D eigenvalue weighted by Crippen LogP contribution is 2.39. The molecule has 3 nitrogen and oxygen atoms in total. The van der Waals surface area contributed by atoms with Gasteiger partial charge in [-0.25, -0.2) is 0 Å². The van der Waals surface area contributed by atoms with Gasteiger partial charge in [-0.3, -0.25) is 4.98 Å². The molecule has 1 aromatic heterocycles. The Morgan fingerprint density at radius 1 is 1.15 bits per heavy atom. The van der Waals surface area contributed by atoms with Gasteiger partial charge in [0.25, 0.3) is 0 Å². The number of nitrogens with zero attached hydrogens (tertiary/aromatic N) is 1. The SMILES string of the molecule is NC=CCc1ccc(OCC2CCC(C(F)(F)F)CC2)c2ncccc12. The van der Waals surface area contributed by atoms with Crippen molar-refractivity contribution in [3.05, 3.63) is 48.3 Å². The number of halogens is 3. The van der Waals surface area contributed by atoms with E-state index in [4.69, 9.17) is 10.5 Å². The number of hydrogen-bond donors (Lipinski definition) is 1. The van der Waals surface area contributed by atoms with Crippen LogP contribution in [-0.2, 0) is 6.42 Å². The molecule has 0 spiro atoms. The van der Waals surface area contributed by atoms with Gasteiger partial charge in [0.2, 0.25) is 0 Å². The first-order valence-corrected chi connectivity index (χ1v) is 8.92. The summed E-state index contributed by atoms with van der Waals surface area (Å²) >= 11 is 0. The topological polar surface area (TPSA) is 48.1 Å². The molecule has 0 atom stereocenters. The summed E-state index contributed by atoms with van der Waals surface area (Å²) in [5.74, 6) is -0.317. The number of pyridine rings is 1. The number of aromatic nitrogens is 1. The zero-order valence-corrected chi connectivity index (χ0v) is 14.5. The molecule has 0 radical (unpaired) electrons. The number of hydrogen-bond acceptors (Lipinski definition) is 3. The van der Waals surface area contributed by atoms with E-state index >= 15 is 0 Å². The van der Waals surface area contributed by atoms with Crippen LogP contribution in [0, 0.1) is 11.8 Å². The lowest BCUT2D eigenvalue weighted by Crippen LogP contribution is -2.29. The summed E-state index contributed by atoms with van der Waals surface area (Å²) < 4.78 is 44.3. The van der Waals surface area contributed by atoms with E-state index in [1.807, 2.05) is 30.3 Å². The summed E-state index contributed by atoms with van der Waals surface area (Å²) in [5, 5.41) is 1.00. The molecule has 1 aliphatic rings. The molecule has 0 unspecified atom stereocenters. The summed E-state index contributed by atoms with van der Waals surface area (Å²) in [6.45, 7) is 0.429. The smallest absolute Gasteiger partial charge is 0.391 e. The third kappa shape index (κ3) is 4.29. The average Bonchev–Trinajstić information content (AvgIpc) is 2.64. The van der Waals surface area contributed by atoms with Crippen LogP contribution in [0.3, 0.4) is 0 Å². The molecule has 1 saturated carbocycles. The van der Waals surface area contributed by atoms with Gasteiger partial charge in [0.05, 0.1) is 12.5 Å². The van der Waals surface area contributed by atoms with E-state index in [0.29, 0.717) is 31.6 Å². The van der Waals surface area contributed by atoms with Crippen molar-refractivity contribution >= 4 is 10.9 Å². The maximum atomic E-state index is 12.8. The van der Waals surface area contributed by atoms with E-state index < -0.39 is 12.1 Å². The fourth-order valence-electron chi connectivity index (χ4n) is 3.56. The Morgan fingerprint density at radius 2 is 1.92 bits per heavy atom. The number of ether oxygens (including phenoxy) is 1. The van der Waals surface area contributed by atoms with E-state index in [0.717, 1.165) is 16.5 Å². The third-order valence-corrected chi connectivity index (χ3v) is 5.08. The predicted octanol–water partition coefficient (Wildman–Crippen LogP) is 5.00. The number of allylic oxidation sites excluding steroid dienone is 1. The molecule has 0 amide bonds. The van der Waals surface area contributed by atoms with Crippen LogP contribution < -0.4 is 10.5 Å². The van der Waals surface area contributed by atoms with Crippen LogP contribution >= 0.6 is 0 Å². The first kappa shape index (κ1) is 18.5. The van der Waals surface area contributed by atoms with E-state index in [1.165, 1.54) is 6.20 Å². The highest BCUT2D eigenvalue weighted by molar-refractivity contribution is 5.87. The summed E-state index contributed by atoms with van der Waals surface area (Å²) in [5.41, 5.74) is 7.31. The molecule has 3 rings (SSSR count). The normalized spacial score (nSPS) is 21.3. The maximum absolute atomic E-state index is 12.8. The Bertz CT molecular complexity index is 765. The monoisotopic (exact) mass is 364 g/mol. The summed E-state index contributed by atoms with van der Waals surface area (Å²) in [6.07, 6.45) is 3.24. The molecule has 1 aromatic carbocycles. The number of rotatable bonds is 5. The van der Waals surface area contributed by atoms with Crippen molar-refractivity contribution in [1.29, 1.82) is 0 Å². The van der Waals surface area contributed by atoms with Crippen LogP contribution in [-0.4, -0.2) is 17.8 Å². The number of nitrogens with two attached hydrogens (primary N) is 1. The van der Waals surface area contributed by atoms with Crippen molar-refractivity contribution in [3.8, 4) is 5.75 Å². The Labute approximate surface area is 151 Å². The lowest BCUT2D eigenvalue weighted by atomic mass is 9.82. The zero-order chi connectivity index (χ0) is 18.6. The molecular formula is C20H23F3N2O. The van der Waals surface area contributed by atoms with Crippen molar-refractivity contribution in [2.75, 3.05) is 6.61 Å². The molecule has 1 heterocycles. The quantitative estimate of drug-likeness (QED) is 0.812. The zero-order valence-electron chi connectivity index (χ0n) is 14.5. The predicted molar refractivity (Wildman–Crippen MR) is 95.8 cm³/mol. The van der Waals surface area contributed by atoms with Gasteiger partial charge in [0, 0.05) is 11.6 Å². The van der Waals surface area contributed by atoms with Gasteiger partial charge in [-0.15, -0.1) is 0 Å². The molecule has 0 aliphatic heterocycles. The number of alkyl halides is 3. The first-order chi connectivity index (χ1) is 12.5. The highest BCUT2D eigenvalue weighted by atomic mass is 19.4. The van der Waals surface area contributed by atoms with Crippen molar-refractivity contribution in [3.63, 3.8) is 0 Å². The molecular weight excluding hydrogens is 341 g/mol. The van der Waals surface area contributed by atoms with Gasteiger partial charge in [0.1, 0.15) is 11.3 Å². The van der Waals surface area contributed by atoms with Crippen LogP contribution in [0.4, 0.5) is 13.2 Å². The Balaban J connectivity index is 1.67. The average molecular weight is 364 g/mol. The molecule has 2 N–H and O–H groups in total. The molecule has 140 valence electrons. The fraction of sp³-hybridized carbons (Fsp3) is 0.450. The molecule has 6 heteroatoms. The van der Waals surface area contributed by atoms with Gasteiger partial charge in [-0.1, -0.05) is 18.2 Å². The van der Waals surface area contributed by atoms with E-state index in [9.17, 15) is 13.2 Å². The van der Waals surface area contributed by atoms with Gasteiger partial charge < -0.3 is 10.5 Å². The molecule has 1 aliphatic carbocycles. The third-order valence-electron chi connectivity index (χ3n) is 5.08. The van der Waals surface area contributed by atoms with Crippen molar-refractivity contribution in [2.45, 2.75) is 38.3 Å². The van der Waals surface area contributed by atoms with Gasteiger partial charge in [-0.2, -0.15) is 13.2 Å². The van der Waals surface area contributed by atoms with E-state index in [2.05, 4.69) is 4.98 Å². The van der Waals surface area contributed by atoms with Gasteiger partial charge >= 0.3 is 6.18 Å². The molecule has 2 aromatic rings. The second-order valence-corrected chi connectivity index (χ2v) is 6.82. The van der Waals surface area contributed by atoms with Crippen LogP contribution in [0.15, 0.2) is 42.7 Å². The van der Waals surface area contributed by atoms with E-state index in [1.54, 1.807) is 6.20 Å². The van der Waals surface area contributed by atoms with E-state index in [-0.39, 0.29) is 18.8 Å². The first-order valence-electron chi connectivity index (χ1n) is 8.92. The molecule has 0 saturated heterocycles. The fourth-order valence-corrected chi connectivity index (χ4v) is 3.56. The number of benzene rings is 1. The van der Waals surface area contributed by atoms with Crippen molar-refractivity contribution in [1.82, 2.24) is 4.98 Å². The lowest BCUT2D eigenvalue weighted by molar-refractivity contribution is -0.184. The summed E-state index contributed by atoms with van der Waals surface area (Å²) in [7, 11) is 0. The standard InChI is InChI=1S/C20H23F3N2O/c21-20(22,23)16-8-5-14(6-9-16)13-26-18-10-7-15(3-1-11-24)17-4-2-12-25-19(17)18/h1-2,4,7,10-12,14,16H,3,5-6,8-9,13,24H2. The largest absolute Gasteiger partial charge is 0.491 e. The van der Waals surface area contributed by atoms with Gasteiger partial charge in [0.15, 0.2) is 0 Å². The second kappa shape index (κ2) is 7.98. The minimum atomic E-state index is -4.07. The minimum Gasteiger partial charge on any atom is -0.491 e. The second-order valence-electron chi connectivity index (χ2n) is 6.82. The van der Waals surface area contributed by atoms with Crippen molar-refractivity contribution < 1.29 is 17.9 Å². The summed E-state index contributed by atoms with van der Waals surface area (Å²) in [4.78, 5) is 4.43. The number of fused-ring (bicyclic) bond motifs is 1. The Hall–Kier alpha value is -2.24. The minimum absolute atomic E-state index is 0.159. The molecule has 1 fully saturated rings. The van der Waals surface area contributed by atoms with Crippen LogP contribution in [0.2, 0.25) is 0 Å². The van der Waals surface area contributed by atoms with Crippen LogP contribution in [0.1, 0.15) is 31.2 Å². The van der Waals surface area contributed by atoms with Crippen LogP contribution in [0.5, 0.6) is 5.75 Å². The van der Waals surface area contributed by atoms with Crippen molar-refractivity contribution in [2.24, 2.45) is 17.6 Å².